The van der Waals surface area contributed by atoms with Crippen LogP contribution in [0.25, 0.3) is 0 Å². The summed E-state index contributed by atoms with van der Waals surface area (Å²) in [4.78, 5) is 30.7. The highest BCUT2D eigenvalue weighted by molar-refractivity contribution is 7.91. The molecule has 2 fully saturated rings. The van der Waals surface area contributed by atoms with Crippen molar-refractivity contribution >= 4 is 21.7 Å². The molecule has 25 heavy (non-hydrogen) atoms. The minimum atomic E-state index is -2.98. The maximum absolute atomic E-state index is 12.6. The average Bonchev–Trinajstić information content (AvgIpc) is 2.55. The van der Waals surface area contributed by atoms with Crippen molar-refractivity contribution in [1.29, 1.82) is 0 Å². The van der Waals surface area contributed by atoms with E-state index in [9.17, 15) is 18.0 Å². The maximum Gasteiger partial charge on any atom is 0.225 e. The molecule has 2 unspecified atom stereocenters. The number of carbonyl (C=O) groups excluding carboxylic acids is 2. The van der Waals surface area contributed by atoms with E-state index in [-0.39, 0.29) is 41.2 Å². The second-order valence-corrected chi connectivity index (χ2v) is 9.99. The summed E-state index contributed by atoms with van der Waals surface area (Å²) < 4.78 is 23.0. The number of likely N-dealkylation sites (N-methyl/N-ethyl adjacent to an activating group) is 1. The zero-order valence-corrected chi connectivity index (χ0v) is 16.6. The fourth-order valence-corrected chi connectivity index (χ4v) is 4.72. The Morgan fingerprint density at radius 3 is 2.12 bits per heavy atom. The number of piperazine rings is 1. The Morgan fingerprint density at radius 2 is 1.56 bits per heavy atom. The van der Waals surface area contributed by atoms with Gasteiger partial charge >= 0.3 is 0 Å². The van der Waals surface area contributed by atoms with Crippen LogP contribution in [-0.4, -0.2) is 92.3 Å². The van der Waals surface area contributed by atoms with E-state index in [1.807, 2.05) is 32.7 Å². The first-order chi connectivity index (χ1) is 11.6. The Labute approximate surface area is 151 Å². The standard InChI is InChI=1S/C17H31N3O4S/c1-13(2)16(21)20-6-5-18(4)15(12-20)11-14(3)17(22)19-7-9-25(23,24)10-8-19/h13-15H,5-12H2,1-4H3. The molecule has 2 saturated heterocycles. The lowest BCUT2D eigenvalue weighted by Gasteiger charge is -2.41. The zero-order chi connectivity index (χ0) is 18.8. The molecule has 0 radical (unpaired) electrons. The molecule has 0 aliphatic carbocycles. The maximum atomic E-state index is 12.6. The first-order valence-electron chi connectivity index (χ1n) is 9.09. The first kappa shape index (κ1) is 20.2. The Hall–Kier alpha value is -1.15. The van der Waals surface area contributed by atoms with E-state index < -0.39 is 9.84 Å². The van der Waals surface area contributed by atoms with Crippen LogP contribution in [0, 0.1) is 11.8 Å². The van der Waals surface area contributed by atoms with Crippen molar-refractivity contribution in [3.05, 3.63) is 0 Å². The normalized spacial score (nSPS) is 25.9. The van der Waals surface area contributed by atoms with E-state index in [4.69, 9.17) is 0 Å². The Balaban J connectivity index is 1.92. The van der Waals surface area contributed by atoms with Crippen molar-refractivity contribution in [1.82, 2.24) is 14.7 Å². The van der Waals surface area contributed by atoms with Gasteiger partial charge in [-0.15, -0.1) is 0 Å². The molecule has 144 valence electrons. The summed E-state index contributed by atoms with van der Waals surface area (Å²) in [6.07, 6.45) is 0.681. The zero-order valence-electron chi connectivity index (χ0n) is 15.8. The number of amides is 2. The van der Waals surface area contributed by atoms with Gasteiger partial charge in [0, 0.05) is 50.6 Å². The molecule has 0 spiro atoms. The molecule has 0 bridgehead atoms. The van der Waals surface area contributed by atoms with Gasteiger partial charge in [-0.2, -0.15) is 0 Å². The molecule has 0 aromatic heterocycles. The van der Waals surface area contributed by atoms with Crippen LogP contribution in [0.5, 0.6) is 0 Å². The molecule has 2 aliphatic heterocycles. The molecular weight excluding hydrogens is 342 g/mol. The van der Waals surface area contributed by atoms with Crippen molar-refractivity contribution in [2.75, 3.05) is 51.3 Å². The quantitative estimate of drug-likeness (QED) is 0.697. The molecule has 2 atom stereocenters. The Bertz CT molecular complexity index is 591. The van der Waals surface area contributed by atoms with Crippen molar-refractivity contribution in [3.63, 3.8) is 0 Å². The van der Waals surface area contributed by atoms with Gasteiger partial charge in [-0.1, -0.05) is 20.8 Å². The highest BCUT2D eigenvalue weighted by atomic mass is 32.2. The van der Waals surface area contributed by atoms with Gasteiger partial charge in [0.2, 0.25) is 11.8 Å². The summed E-state index contributed by atoms with van der Waals surface area (Å²) in [7, 11) is -0.948. The summed E-state index contributed by atoms with van der Waals surface area (Å²) in [5.41, 5.74) is 0. The fraction of sp³-hybridized carbons (Fsp3) is 0.882. The molecular formula is C17H31N3O4S. The minimum Gasteiger partial charge on any atom is -0.340 e. The monoisotopic (exact) mass is 373 g/mol. The summed E-state index contributed by atoms with van der Waals surface area (Å²) in [5, 5.41) is 0. The Kier molecular flexibility index (Phi) is 6.48. The van der Waals surface area contributed by atoms with E-state index in [2.05, 4.69) is 4.90 Å². The van der Waals surface area contributed by atoms with Crippen LogP contribution >= 0.6 is 0 Å². The smallest absolute Gasteiger partial charge is 0.225 e. The van der Waals surface area contributed by atoms with Gasteiger partial charge in [-0.25, -0.2) is 8.42 Å². The molecule has 2 rings (SSSR count). The third kappa shape index (κ3) is 5.17. The van der Waals surface area contributed by atoms with Crippen molar-refractivity contribution in [3.8, 4) is 0 Å². The average molecular weight is 374 g/mol. The third-order valence-corrected chi connectivity index (χ3v) is 6.90. The summed E-state index contributed by atoms with van der Waals surface area (Å²) >= 11 is 0. The molecule has 8 heteroatoms. The van der Waals surface area contributed by atoms with Crippen LogP contribution in [0.1, 0.15) is 27.2 Å². The van der Waals surface area contributed by atoms with E-state index in [0.717, 1.165) is 13.1 Å². The number of nitrogens with zero attached hydrogens (tertiary/aromatic N) is 3. The third-order valence-electron chi connectivity index (χ3n) is 5.29. The minimum absolute atomic E-state index is 0.0154. The molecule has 0 aromatic rings. The van der Waals surface area contributed by atoms with Crippen molar-refractivity contribution in [2.24, 2.45) is 11.8 Å². The lowest BCUT2D eigenvalue weighted by Crippen LogP contribution is -2.55. The van der Waals surface area contributed by atoms with Gasteiger partial charge in [-0.3, -0.25) is 14.5 Å². The highest BCUT2D eigenvalue weighted by Gasteiger charge is 2.33. The number of hydrogen-bond acceptors (Lipinski definition) is 5. The van der Waals surface area contributed by atoms with Crippen LogP contribution in [0.2, 0.25) is 0 Å². The lowest BCUT2D eigenvalue weighted by atomic mass is 9.97. The first-order valence-corrected chi connectivity index (χ1v) is 10.9. The fourth-order valence-electron chi connectivity index (χ4n) is 3.52. The predicted molar refractivity (Wildman–Crippen MR) is 96.9 cm³/mol. The van der Waals surface area contributed by atoms with Crippen LogP contribution in [-0.2, 0) is 19.4 Å². The molecule has 0 saturated carbocycles. The SMILES string of the molecule is CC(C)C(=O)N1CCN(C)C(CC(C)C(=O)N2CCS(=O)(=O)CC2)C1. The Morgan fingerprint density at radius 1 is 0.960 bits per heavy atom. The second kappa shape index (κ2) is 8.03. The summed E-state index contributed by atoms with van der Waals surface area (Å²) in [6.45, 7) is 8.51. The lowest BCUT2D eigenvalue weighted by molar-refractivity contribution is -0.138. The van der Waals surface area contributed by atoms with Gasteiger partial charge < -0.3 is 9.80 Å². The topological polar surface area (TPSA) is 78.0 Å². The van der Waals surface area contributed by atoms with Crippen LogP contribution < -0.4 is 0 Å². The molecule has 0 N–H and O–H groups in total. The van der Waals surface area contributed by atoms with E-state index in [1.165, 1.54) is 0 Å². The largest absolute Gasteiger partial charge is 0.340 e. The second-order valence-electron chi connectivity index (χ2n) is 7.69. The van der Waals surface area contributed by atoms with Gasteiger partial charge in [0.15, 0.2) is 9.84 Å². The van der Waals surface area contributed by atoms with E-state index in [1.54, 1.807) is 4.90 Å². The molecule has 2 aliphatic rings. The van der Waals surface area contributed by atoms with Crippen LogP contribution in [0.15, 0.2) is 0 Å². The van der Waals surface area contributed by atoms with Gasteiger partial charge in [-0.05, 0) is 13.5 Å². The molecule has 2 amide bonds. The molecule has 0 aromatic carbocycles. The molecule has 7 nitrogen and oxygen atoms in total. The van der Waals surface area contributed by atoms with Gasteiger partial charge in [0.05, 0.1) is 11.5 Å². The number of hydrogen-bond donors (Lipinski definition) is 0. The van der Waals surface area contributed by atoms with Gasteiger partial charge in [0.1, 0.15) is 0 Å². The summed E-state index contributed by atoms with van der Waals surface area (Å²) in [6, 6.07) is 0.156. The highest BCUT2D eigenvalue weighted by Crippen LogP contribution is 2.20. The van der Waals surface area contributed by atoms with Crippen LogP contribution in [0.4, 0.5) is 0 Å². The van der Waals surface area contributed by atoms with Gasteiger partial charge in [0.25, 0.3) is 0 Å². The van der Waals surface area contributed by atoms with Crippen molar-refractivity contribution in [2.45, 2.75) is 33.2 Å². The molecule has 2 heterocycles. The van der Waals surface area contributed by atoms with Crippen LogP contribution in [0.3, 0.4) is 0 Å². The predicted octanol–water partition coefficient (Wildman–Crippen LogP) is 0.0682. The summed E-state index contributed by atoms with van der Waals surface area (Å²) in [5.74, 6) is 0.117. The van der Waals surface area contributed by atoms with E-state index >= 15 is 0 Å². The number of sulfone groups is 1. The van der Waals surface area contributed by atoms with E-state index in [0.29, 0.717) is 26.1 Å². The van der Waals surface area contributed by atoms with Crippen molar-refractivity contribution < 1.29 is 18.0 Å². The number of carbonyl (C=O) groups is 2. The number of rotatable bonds is 4.